The van der Waals surface area contributed by atoms with Gasteiger partial charge in [-0.25, -0.2) is 0 Å². The number of methoxy groups -OCH3 is 2. The highest BCUT2D eigenvalue weighted by Gasteiger charge is 2.39. The van der Waals surface area contributed by atoms with Gasteiger partial charge in [-0.15, -0.1) is 0 Å². The van der Waals surface area contributed by atoms with Gasteiger partial charge in [-0.1, -0.05) is 13.8 Å². The van der Waals surface area contributed by atoms with Crippen LogP contribution in [0.25, 0.3) is 0 Å². The maximum atomic E-state index is 12.4. The van der Waals surface area contributed by atoms with Gasteiger partial charge < -0.3 is 14.2 Å². The van der Waals surface area contributed by atoms with Gasteiger partial charge in [0.25, 0.3) is 0 Å². The summed E-state index contributed by atoms with van der Waals surface area (Å²) in [6, 6.07) is 3.36. The van der Waals surface area contributed by atoms with Gasteiger partial charge in [0.05, 0.1) is 20.8 Å². The Hall–Kier alpha value is -2.04. The zero-order valence-corrected chi connectivity index (χ0v) is 12.8. The first-order chi connectivity index (χ1) is 9.97. The van der Waals surface area contributed by atoms with Gasteiger partial charge in [0.2, 0.25) is 0 Å². The number of hydrogen-bond acceptors (Lipinski definition) is 5. The van der Waals surface area contributed by atoms with Crippen LogP contribution in [0, 0.1) is 11.8 Å². The SMILES string of the molecule is COc1cc(OC)c2c(c1)C(=O)C(C(=O)OCC(C)C)C2. The summed E-state index contributed by atoms with van der Waals surface area (Å²) in [6.45, 7) is 4.22. The molecule has 1 aliphatic carbocycles. The van der Waals surface area contributed by atoms with Gasteiger partial charge in [0.15, 0.2) is 5.78 Å². The lowest BCUT2D eigenvalue weighted by Crippen LogP contribution is -2.24. The molecule has 21 heavy (non-hydrogen) atoms. The summed E-state index contributed by atoms with van der Waals surface area (Å²) in [4.78, 5) is 24.5. The quantitative estimate of drug-likeness (QED) is 0.615. The zero-order chi connectivity index (χ0) is 15.6. The smallest absolute Gasteiger partial charge is 0.317 e. The molecule has 0 aliphatic heterocycles. The fourth-order valence-corrected chi connectivity index (χ4v) is 2.37. The van der Waals surface area contributed by atoms with Crippen molar-refractivity contribution in [3.63, 3.8) is 0 Å². The van der Waals surface area contributed by atoms with E-state index in [9.17, 15) is 9.59 Å². The van der Waals surface area contributed by atoms with E-state index < -0.39 is 11.9 Å². The van der Waals surface area contributed by atoms with Gasteiger partial charge >= 0.3 is 5.97 Å². The van der Waals surface area contributed by atoms with Crippen LogP contribution in [0.1, 0.15) is 29.8 Å². The van der Waals surface area contributed by atoms with Crippen molar-refractivity contribution in [2.75, 3.05) is 20.8 Å². The van der Waals surface area contributed by atoms with Gasteiger partial charge in [-0.05, 0) is 18.4 Å². The van der Waals surface area contributed by atoms with Crippen LogP contribution in [0.5, 0.6) is 11.5 Å². The number of ether oxygens (including phenoxy) is 3. The summed E-state index contributed by atoms with van der Waals surface area (Å²) < 4.78 is 15.6. The molecule has 0 aromatic heterocycles. The lowest BCUT2D eigenvalue weighted by molar-refractivity contribution is -0.147. The monoisotopic (exact) mass is 292 g/mol. The van der Waals surface area contributed by atoms with Crippen LogP contribution in [0.4, 0.5) is 0 Å². The van der Waals surface area contributed by atoms with E-state index in [1.165, 1.54) is 14.2 Å². The standard InChI is InChI=1S/C16H20O5/c1-9(2)8-21-16(18)13-7-11-12(15(13)17)5-10(19-3)6-14(11)20-4/h5-6,9,13H,7-8H2,1-4H3. The van der Waals surface area contributed by atoms with Crippen LogP contribution in [0.3, 0.4) is 0 Å². The third-order valence-electron chi connectivity index (χ3n) is 3.47. The molecule has 5 nitrogen and oxygen atoms in total. The minimum Gasteiger partial charge on any atom is -0.497 e. The van der Waals surface area contributed by atoms with Gasteiger partial charge in [0, 0.05) is 17.2 Å². The van der Waals surface area contributed by atoms with Crippen molar-refractivity contribution in [1.82, 2.24) is 0 Å². The van der Waals surface area contributed by atoms with Crippen LogP contribution < -0.4 is 9.47 Å². The number of esters is 1. The van der Waals surface area contributed by atoms with E-state index in [-0.39, 0.29) is 11.7 Å². The van der Waals surface area contributed by atoms with E-state index in [2.05, 4.69) is 0 Å². The van der Waals surface area contributed by atoms with Crippen molar-refractivity contribution >= 4 is 11.8 Å². The van der Waals surface area contributed by atoms with E-state index in [0.717, 1.165) is 5.56 Å². The van der Waals surface area contributed by atoms with E-state index in [0.29, 0.717) is 30.1 Å². The number of carbonyl (C=O) groups is 2. The molecule has 114 valence electrons. The van der Waals surface area contributed by atoms with Crippen LogP contribution in [-0.4, -0.2) is 32.6 Å². The van der Waals surface area contributed by atoms with Crippen LogP contribution in [0.2, 0.25) is 0 Å². The van der Waals surface area contributed by atoms with E-state index in [4.69, 9.17) is 14.2 Å². The average molecular weight is 292 g/mol. The van der Waals surface area contributed by atoms with Crippen molar-refractivity contribution in [2.24, 2.45) is 11.8 Å². The highest BCUT2D eigenvalue weighted by atomic mass is 16.5. The number of benzene rings is 1. The Labute approximate surface area is 124 Å². The molecule has 0 amide bonds. The number of ketones is 1. The largest absolute Gasteiger partial charge is 0.497 e. The lowest BCUT2D eigenvalue weighted by atomic mass is 10.1. The van der Waals surface area contributed by atoms with Crippen molar-refractivity contribution in [3.05, 3.63) is 23.3 Å². The number of rotatable bonds is 5. The second kappa shape index (κ2) is 6.16. The van der Waals surface area contributed by atoms with Gasteiger partial charge in [0.1, 0.15) is 17.4 Å². The van der Waals surface area contributed by atoms with Gasteiger partial charge in [-0.3, -0.25) is 9.59 Å². The molecular formula is C16H20O5. The Bertz CT molecular complexity index is 562. The Kier molecular flexibility index (Phi) is 4.50. The van der Waals surface area contributed by atoms with Crippen molar-refractivity contribution in [3.8, 4) is 11.5 Å². The average Bonchev–Trinajstić information content (AvgIpc) is 2.81. The minimum atomic E-state index is -0.778. The van der Waals surface area contributed by atoms with Crippen molar-refractivity contribution in [1.29, 1.82) is 0 Å². The molecular weight excluding hydrogens is 272 g/mol. The molecule has 0 bridgehead atoms. The summed E-state index contributed by atoms with van der Waals surface area (Å²) in [7, 11) is 3.05. The molecule has 1 atom stereocenters. The molecule has 0 spiro atoms. The van der Waals surface area contributed by atoms with E-state index in [1.807, 2.05) is 13.8 Å². The molecule has 0 radical (unpaired) electrons. The summed E-state index contributed by atoms with van der Waals surface area (Å²) in [5.41, 5.74) is 1.23. The second-order valence-corrected chi connectivity index (χ2v) is 5.50. The Balaban J connectivity index is 2.25. The highest BCUT2D eigenvalue weighted by molar-refractivity contribution is 6.13. The summed E-state index contributed by atoms with van der Waals surface area (Å²) in [5, 5.41) is 0. The number of hydrogen-bond donors (Lipinski definition) is 0. The van der Waals surface area contributed by atoms with E-state index in [1.54, 1.807) is 12.1 Å². The zero-order valence-electron chi connectivity index (χ0n) is 12.8. The fourth-order valence-electron chi connectivity index (χ4n) is 2.37. The summed E-state index contributed by atoms with van der Waals surface area (Å²) in [6.07, 6.45) is 0.318. The third kappa shape index (κ3) is 3.01. The lowest BCUT2D eigenvalue weighted by Gasteiger charge is -2.10. The molecule has 0 saturated heterocycles. The topological polar surface area (TPSA) is 61.8 Å². The van der Waals surface area contributed by atoms with Gasteiger partial charge in [-0.2, -0.15) is 0 Å². The summed E-state index contributed by atoms with van der Waals surface area (Å²) in [5.74, 6) is -0.129. The number of fused-ring (bicyclic) bond motifs is 1. The van der Waals surface area contributed by atoms with Crippen LogP contribution in [-0.2, 0) is 16.0 Å². The molecule has 5 heteroatoms. The van der Waals surface area contributed by atoms with E-state index >= 15 is 0 Å². The summed E-state index contributed by atoms with van der Waals surface area (Å²) >= 11 is 0. The third-order valence-corrected chi connectivity index (χ3v) is 3.47. The minimum absolute atomic E-state index is 0.226. The molecule has 0 N–H and O–H groups in total. The van der Waals surface area contributed by atoms with Crippen LogP contribution in [0.15, 0.2) is 12.1 Å². The first-order valence-electron chi connectivity index (χ1n) is 6.93. The molecule has 1 aromatic rings. The first-order valence-corrected chi connectivity index (χ1v) is 6.93. The second-order valence-electron chi connectivity index (χ2n) is 5.50. The predicted octanol–water partition coefficient (Wildman–Crippen LogP) is 2.26. The maximum Gasteiger partial charge on any atom is 0.317 e. The Morgan fingerprint density at radius 1 is 1.29 bits per heavy atom. The Morgan fingerprint density at radius 3 is 2.57 bits per heavy atom. The normalized spacial score (nSPS) is 16.8. The predicted molar refractivity (Wildman–Crippen MR) is 76.9 cm³/mol. The molecule has 1 aliphatic rings. The van der Waals surface area contributed by atoms with Crippen molar-refractivity contribution in [2.45, 2.75) is 20.3 Å². The molecule has 0 saturated carbocycles. The molecule has 2 rings (SSSR count). The van der Waals surface area contributed by atoms with Crippen LogP contribution >= 0.6 is 0 Å². The highest BCUT2D eigenvalue weighted by Crippen LogP contribution is 2.37. The Morgan fingerprint density at radius 2 is 2.00 bits per heavy atom. The fraction of sp³-hybridized carbons (Fsp3) is 0.500. The number of Topliss-reactive ketones (excluding diaryl/α,β-unsaturated/α-hetero) is 1. The molecule has 0 heterocycles. The van der Waals surface area contributed by atoms with Crippen molar-refractivity contribution < 1.29 is 23.8 Å². The number of carbonyl (C=O) groups excluding carboxylic acids is 2. The molecule has 0 fully saturated rings. The molecule has 1 unspecified atom stereocenters. The molecule has 1 aromatic carbocycles. The first kappa shape index (κ1) is 15.4. The maximum absolute atomic E-state index is 12.4.